The summed E-state index contributed by atoms with van der Waals surface area (Å²) in [5, 5.41) is 3.10. The minimum Gasteiger partial charge on any atom is -0.363 e. The molecule has 1 unspecified atom stereocenters. The number of rotatable bonds is 7. The van der Waals surface area contributed by atoms with Gasteiger partial charge < -0.3 is 10.3 Å². The van der Waals surface area contributed by atoms with Crippen LogP contribution in [0.5, 0.6) is 0 Å². The fraction of sp³-hybridized carbons (Fsp3) is 0.667. The van der Waals surface area contributed by atoms with Crippen molar-refractivity contribution in [1.82, 2.24) is 15.0 Å². The van der Waals surface area contributed by atoms with Crippen LogP contribution in [-0.4, -0.2) is 46.4 Å². The maximum Gasteiger partial charge on any atom is 0.242 e. The van der Waals surface area contributed by atoms with Crippen LogP contribution in [-0.2, 0) is 26.4 Å². The number of sulfone groups is 1. The van der Waals surface area contributed by atoms with Crippen LogP contribution in [0.2, 0.25) is 0 Å². The molecule has 7 nitrogen and oxygen atoms in total. The molecule has 9 heteroatoms. The van der Waals surface area contributed by atoms with Gasteiger partial charge >= 0.3 is 0 Å². The lowest BCUT2D eigenvalue weighted by molar-refractivity contribution is 0.543. The molecule has 2 rings (SSSR count). The summed E-state index contributed by atoms with van der Waals surface area (Å²) in [5.41, 5.74) is 0.792. The molecule has 1 saturated heterocycles. The van der Waals surface area contributed by atoms with Gasteiger partial charge in [0.15, 0.2) is 9.84 Å². The van der Waals surface area contributed by atoms with Gasteiger partial charge in [-0.2, -0.15) is 0 Å². The van der Waals surface area contributed by atoms with Crippen LogP contribution in [0.25, 0.3) is 0 Å². The highest BCUT2D eigenvalue weighted by Crippen LogP contribution is 2.18. The maximum atomic E-state index is 12.1. The van der Waals surface area contributed by atoms with Gasteiger partial charge in [-0.3, -0.25) is 0 Å². The molecule has 1 fully saturated rings. The summed E-state index contributed by atoms with van der Waals surface area (Å²) in [6.45, 7) is 3.51. The molecule has 3 N–H and O–H groups in total. The number of hydrogen-bond acceptors (Lipinski definition) is 5. The Hall–Kier alpha value is -0.900. The van der Waals surface area contributed by atoms with Crippen molar-refractivity contribution in [1.29, 1.82) is 0 Å². The average Bonchev–Trinajstić information content (AvgIpc) is 3.01. The molecule has 0 spiro atoms. The maximum absolute atomic E-state index is 12.1. The monoisotopic (exact) mass is 335 g/mol. The van der Waals surface area contributed by atoms with E-state index in [0.29, 0.717) is 13.0 Å². The normalized spacial score (nSPS) is 21.7. The van der Waals surface area contributed by atoms with Crippen molar-refractivity contribution < 1.29 is 16.8 Å². The molecular weight excluding hydrogens is 314 g/mol. The Morgan fingerprint density at radius 3 is 2.81 bits per heavy atom. The Labute approximate surface area is 125 Å². The van der Waals surface area contributed by atoms with Gasteiger partial charge in [-0.05, 0) is 24.9 Å². The third-order valence-corrected chi connectivity index (χ3v) is 6.72. The van der Waals surface area contributed by atoms with Crippen molar-refractivity contribution in [3.63, 3.8) is 0 Å². The molecule has 0 saturated carbocycles. The van der Waals surface area contributed by atoms with Crippen molar-refractivity contribution in [2.24, 2.45) is 5.92 Å². The summed E-state index contributed by atoms with van der Waals surface area (Å²) in [6, 6.07) is 1.58. The molecule has 1 atom stereocenters. The lowest BCUT2D eigenvalue weighted by Gasteiger charge is -2.09. The highest BCUT2D eigenvalue weighted by atomic mass is 32.2. The van der Waals surface area contributed by atoms with Crippen molar-refractivity contribution in [2.45, 2.75) is 24.8 Å². The molecule has 0 amide bonds. The van der Waals surface area contributed by atoms with Crippen molar-refractivity contribution in [2.75, 3.05) is 24.6 Å². The molecule has 0 aromatic carbocycles. The molecular formula is C12H21N3O4S2. The second kappa shape index (κ2) is 6.47. The third kappa shape index (κ3) is 4.53. The minimum atomic E-state index is -3.59. The Balaban J connectivity index is 1.94. The van der Waals surface area contributed by atoms with Gasteiger partial charge in [0.05, 0.1) is 16.4 Å². The van der Waals surface area contributed by atoms with Gasteiger partial charge in [0.25, 0.3) is 0 Å². The van der Waals surface area contributed by atoms with E-state index >= 15 is 0 Å². The van der Waals surface area contributed by atoms with Crippen LogP contribution in [0.3, 0.4) is 0 Å². The predicted octanol–water partition coefficient (Wildman–Crippen LogP) is -0.163. The molecule has 1 aromatic rings. The van der Waals surface area contributed by atoms with E-state index in [-0.39, 0.29) is 28.9 Å². The fourth-order valence-corrected chi connectivity index (χ4v) is 5.27. The van der Waals surface area contributed by atoms with Crippen molar-refractivity contribution in [3.05, 3.63) is 18.0 Å². The summed E-state index contributed by atoms with van der Waals surface area (Å²) in [5.74, 6) is 0.0787. The minimum absolute atomic E-state index is 0.0638. The average molecular weight is 335 g/mol. The van der Waals surface area contributed by atoms with Crippen LogP contribution < -0.4 is 10.0 Å². The van der Waals surface area contributed by atoms with Gasteiger partial charge in [-0.15, -0.1) is 0 Å². The molecule has 1 aliphatic rings. The summed E-state index contributed by atoms with van der Waals surface area (Å²) < 4.78 is 49.5. The lowest BCUT2D eigenvalue weighted by Crippen LogP contribution is -2.29. The Morgan fingerprint density at radius 2 is 2.19 bits per heavy atom. The van der Waals surface area contributed by atoms with E-state index in [2.05, 4.69) is 15.0 Å². The van der Waals surface area contributed by atoms with Gasteiger partial charge in [0.1, 0.15) is 0 Å². The first-order chi connectivity index (χ1) is 9.82. The topological polar surface area (TPSA) is 108 Å². The van der Waals surface area contributed by atoms with E-state index in [1.807, 2.05) is 6.92 Å². The fourth-order valence-electron chi connectivity index (χ4n) is 2.28. The number of nitrogens with one attached hydrogen (secondary N) is 3. The highest BCUT2D eigenvalue weighted by molar-refractivity contribution is 7.91. The van der Waals surface area contributed by atoms with Crippen LogP contribution in [0.4, 0.5) is 0 Å². The van der Waals surface area contributed by atoms with E-state index in [4.69, 9.17) is 0 Å². The van der Waals surface area contributed by atoms with Crippen LogP contribution in [0.15, 0.2) is 17.2 Å². The van der Waals surface area contributed by atoms with Crippen LogP contribution in [0.1, 0.15) is 19.0 Å². The first-order valence-electron chi connectivity index (χ1n) is 6.90. The summed E-state index contributed by atoms with van der Waals surface area (Å²) in [7, 11) is -6.58. The largest absolute Gasteiger partial charge is 0.363 e. The molecule has 21 heavy (non-hydrogen) atoms. The SMILES string of the molecule is CCNCc1cc(S(=O)(=O)NCC2CCS(=O)(=O)C2)c[nH]1. The molecule has 0 bridgehead atoms. The standard InChI is InChI=1S/C12H21N3O4S2/c1-2-13-7-11-5-12(8-14-11)21(18,19)15-6-10-3-4-20(16,17)9-10/h5,8,10,13-15H,2-4,6-7,9H2,1H3. The summed E-state index contributed by atoms with van der Waals surface area (Å²) in [4.78, 5) is 3.09. The third-order valence-electron chi connectivity index (χ3n) is 3.48. The van der Waals surface area contributed by atoms with Gasteiger partial charge in [-0.1, -0.05) is 6.92 Å². The second-order valence-electron chi connectivity index (χ2n) is 5.26. The number of aromatic amines is 1. The zero-order valence-corrected chi connectivity index (χ0v) is 13.6. The summed E-state index contributed by atoms with van der Waals surface area (Å²) in [6.07, 6.45) is 1.96. The molecule has 120 valence electrons. The van der Waals surface area contributed by atoms with E-state index in [1.54, 1.807) is 6.07 Å². The van der Waals surface area contributed by atoms with Gasteiger partial charge in [0.2, 0.25) is 10.0 Å². The van der Waals surface area contributed by atoms with Crippen molar-refractivity contribution in [3.8, 4) is 0 Å². The first-order valence-corrected chi connectivity index (χ1v) is 10.2. The van der Waals surface area contributed by atoms with E-state index in [0.717, 1.165) is 12.2 Å². The van der Waals surface area contributed by atoms with Gasteiger partial charge in [-0.25, -0.2) is 21.6 Å². The quantitative estimate of drug-likeness (QED) is 0.641. The van der Waals surface area contributed by atoms with E-state index in [9.17, 15) is 16.8 Å². The second-order valence-corrected chi connectivity index (χ2v) is 9.26. The number of aromatic nitrogens is 1. The smallest absolute Gasteiger partial charge is 0.242 e. The molecule has 0 aliphatic carbocycles. The van der Waals surface area contributed by atoms with Crippen LogP contribution in [0, 0.1) is 5.92 Å². The van der Waals surface area contributed by atoms with Crippen molar-refractivity contribution >= 4 is 19.9 Å². The Morgan fingerprint density at radius 1 is 1.43 bits per heavy atom. The number of H-pyrrole nitrogens is 1. The highest BCUT2D eigenvalue weighted by Gasteiger charge is 2.29. The van der Waals surface area contributed by atoms with Gasteiger partial charge in [0, 0.05) is 25.0 Å². The first kappa shape index (κ1) is 16.5. The number of sulfonamides is 1. The zero-order chi connectivity index (χ0) is 15.5. The van der Waals surface area contributed by atoms with E-state index in [1.165, 1.54) is 6.20 Å². The number of hydrogen-bond donors (Lipinski definition) is 3. The Kier molecular flexibility index (Phi) is 5.07. The lowest BCUT2D eigenvalue weighted by atomic mass is 10.1. The van der Waals surface area contributed by atoms with E-state index < -0.39 is 19.9 Å². The molecule has 1 aliphatic heterocycles. The predicted molar refractivity (Wildman–Crippen MR) is 80.1 cm³/mol. The Bertz CT molecular complexity index is 679. The molecule has 0 radical (unpaired) electrons. The van der Waals surface area contributed by atoms with Crippen LogP contribution >= 0.6 is 0 Å². The summed E-state index contributed by atoms with van der Waals surface area (Å²) >= 11 is 0. The molecule has 2 heterocycles. The zero-order valence-electron chi connectivity index (χ0n) is 11.9. The molecule has 1 aromatic heterocycles.